The molecule has 1 fully saturated rings. The smallest absolute Gasteiger partial charge is 0.255 e. The monoisotopic (exact) mass is 390 g/mol. The molecule has 2 aromatic carbocycles. The summed E-state index contributed by atoms with van der Waals surface area (Å²) in [7, 11) is 0. The van der Waals surface area contributed by atoms with Gasteiger partial charge in [0.15, 0.2) is 0 Å². The van der Waals surface area contributed by atoms with Crippen molar-refractivity contribution in [1.82, 2.24) is 10.2 Å². The van der Waals surface area contributed by atoms with Crippen molar-refractivity contribution in [2.75, 3.05) is 0 Å². The van der Waals surface area contributed by atoms with Crippen molar-refractivity contribution in [3.05, 3.63) is 59.7 Å². The molecule has 1 saturated carbocycles. The topological polar surface area (TPSA) is 49.4 Å². The summed E-state index contributed by atoms with van der Waals surface area (Å²) in [5.74, 6) is -0.130. The van der Waals surface area contributed by atoms with E-state index in [0.29, 0.717) is 5.56 Å². The van der Waals surface area contributed by atoms with E-state index >= 15 is 0 Å². The van der Waals surface area contributed by atoms with E-state index in [1.165, 1.54) is 6.42 Å². The van der Waals surface area contributed by atoms with Crippen LogP contribution >= 0.6 is 0 Å². The van der Waals surface area contributed by atoms with Gasteiger partial charge in [-0.1, -0.05) is 61.7 Å². The summed E-state index contributed by atoms with van der Waals surface area (Å²) in [5.41, 5.74) is 3.13. The molecule has 1 heterocycles. The summed E-state index contributed by atoms with van der Waals surface area (Å²) >= 11 is 0. The maximum Gasteiger partial charge on any atom is 0.255 e. The van der Waals surface area contributed by atoms with Gasteiger partial charge in [0, 0.05) is 17.1 Å². The van der Waals surface area contributed by atoms with Gasteiger partial charge in [-0.3, -0.25) is 9.59 Å². The van der Waals surface area contributed by atoms with Gasteiger partial charge in [-0.25, -0.2) is 0 Å². The van der Waals surface area contributed by atoms with Crippen LogP contribution in [0.25, 0.3) is 11.1 Å². The third-order valence-electron chi connectivity index (χ3n) is 5.93. The summed E-state index contributed by atoms with van der Waals surface area (Å²) in [6, 6.07) is 15.2. The van der Waals surface area contributed by atoms with E-state index < -0.39 is 6.04 Å². The number of rotatable bonds is 2. The Morgan fingerprint density at radius 2 is 1.48 bits per heavy atom. The van der Waals surface area contributed by atoms with Crippen LogP contribution in [0.5, 0.6) is 0 Å². The van der Waals surface area contributed by atoms with Crippen molar-refractivity contribution in [2.45, 2.75) is 70.5 Å². The molecule has 0 spiro atoms. The van der Waals surface area contributed by atoms with Crippen LogP contribution in [0.3, 0.4) is 0 Å². The number of benzene rings is 2. The van der Waals surface area contributed by atoms with Crippen LogP contribution in [0.15, 0.2) is 48.5 Å². The minimum atomic E-state index is -0.617. The van der Waals surface area contributed by atoms with Gasteiger partial charge >= 0.3 is 0 Å². The number of hydrogen-bond donors (Lipinski definition) is 1. The lowest BCUT2D eigenvalue weighted by Crippen LogP contribution is -2.52. The van der Waals surface area contributed by atoms with Gasteiger partial charge in [0.25, 0.3) is 5.91 Å². The number of carbonyl (C=O) groups excluding carboxylic acids is 2. The van der Waals surface area contributed by atoms with E-state index in [0.717, 1.165) is 42.4 Å². The highest BCUT2D eigenvalue weighted by atomic mass is 16.2. The Labute approximate surface area is 173 Å². The lowest BCUT2D eigenvalue weighted by molar-refractivity contribution is -0.128. The highest BCUT2D eigenvalue weighted by Gasteiger charge is 2.42. The van der Waals surface area contributed by atoms with Crippen molar-refractivity contribution < 1.29 is 9.59 Å². The normalized spacial score (nSPS) is 19.9. The quantitative estimate of drug-likeness (QED) is 0.776. The number of nitrogens with zero attached hydrogens (tertiary/aromatic N) is 1. The highest BCUT2D eigenvalue weighted by Crippen LogP contribution is 2.41. The lowest BCUT2D eigenvalue weighted by atomic mass is 9.90. The SMILES string of the molecule is CC(C)(C)NC(=O)C1c2ccccc2-c2ccccc2C(=O)N1C1CCCCC1. The first-order chi connectivity index (χ1) is 13.9. The third-order valence-corrected chi connectivity index (χ3v) is 5.93. The average Bonchev–Trinajstić information content (AvgIpc) is 2.81. The molecule has 1 atom stereocenters. The van der Waals surface area contributed by atoms with E-state index in [4.69, 9.17) is 0 Å². The van der Waals surface area contributed by atoms with Crippen LogP contribution in [0.4, 0.5) is 0 Å². The van der Waals surface area contributed by atoms with Crippen molar-refractivity contribution in [2.24, 2.45) is 0 Å². The van der Waals surface area contributed by atoms with E-state index in [1.807, 2.05) is 74.2 Å². The summed E-state index contributed by atoms with van der Waals surface area (Å²) < 4.78 is 0. The van der Waals surface area contributed by atoms with Crippen molar-refractivity contribution >= 4 is 11.8 Å². The number of fused-ring (bicyclic) bond motifs is 3. The molecule has 152 valence electrons. The number of hydrogen-bond acceptors (Lipinski definition) is 2. The zero-order chi connectivity index (χ0) is 20.6. The maximum absolute atomic E-state index is 13.8. The molecule has 0 saturated heterocycles. The Hall–Kier alpha value is -2.62. The van der Waals surface area contributed by atoms with Crippen LogP contribution in [-0.4, -0.2) is 28.3 Å². The molecule has 2 aromatic rings. The standard InChI is InChI=1S/C25H30N2O2/c1-25(2,3)26-23(28)22-20-15-9-7-13-18(20)19-14-8-10-16-21(19)24(29)27(22)17-11-5-4-6-12-17/h7-10,13-17,22H,4-6,11-12H2,1-3H3,(H,26,28). The molecule has 1 aliphatic heterocycles. The Morgan fingerprint density at radius 3 is 2.14 bits per heavy atom. The van der Waals surface area contributed by atoms with Crippen molar-refractivity contribution in [3.63, 3.8) is 0 Å². The second-order valence-corrected chi connectivity index (χ2v) is 9.28. The fraction of sp³-hybridized carbons (Fsp3) is 0.440. The van der Waals surface area contributed by atoms with Crippen LogP contribution in [-0.2, 0) is 4.79 Å². The van der Waals surface area contributed by atoms with Gasteiger partial charge in [-0.2, -0.15) is 0 Å². The van der Waals surface area contributed by atoms with Gasteiger partial charge in [0.2, 0.25) is 5.91 Å². The van der Waals surface area contributed by atoms with Crippen molar-refractivity contribution in [1.29, 1.82) is 0 Å². The summed E-state index contributed by atoms with van der Waals surface area (Å²) in [6.45, 7) is 5.94. The second kappa shape index (κ2) is 7.66. The molecule has 1 unspecified atom stereocenters. The van der Waals surface area contributed by atoms with Crippen LogP contribution in [0.2, 0.25) is 0 Å². The minimum Gasteiger partial charge on any atom is -0.349 e. The Bertz CT molecular complexity index is 922. The zero-order valence-electron chi connectivity index (χ0n) is 17.6. The molecule has 4 rings (SSSR count). The summed E-state index contributed by atoms with van der Waals surface area (Å²) in [6.07, 6.45) is 5.31. The van der Waals surface area contributed by atoms with Gasteiger partial charge in [-0.15, -0.1) is 0 Å². The Morgan fingerprint density at radius 1 is 0.897 bits per heavy atom. The minimum absolute atomic E-state index is 0.0299. The van der Waals surface area contributed by atoms with Crippen LogP contribution in [0.1, 0.15) is 74.8 Å². The van der Waals surface area contributed by atoms with Crippen LogP contribution < -0.4 is 5.32 Å². The van der Waals surface area contributed by atoms with E-state index in [1.54, 1.807) is 0 Å². The Balaban J connectivity index is 1.91. The van der Waals surface area contributed by atoms with Gasteiger partial charge < -0.3 is 10.2 Å². The molecule has 29 heavy (non-hydrogen) atoms. The molecule has 4 nitrogen and oxygen atoms in total. The largest absolute Gasteiger partial charge is 0.349 e. The van der Waals surface area contributed by atoms with Crippen molar-refractivity contribution in [3.8, 4) is 11.1 Å². The number of nitrogens with one attached hydrogen (secondary N) is 1. The lowest BCUT2D eigenvalue weighted by Gasteiger charge is -2.40. The fourth-order valence-corrected chi connectivity index (χ4v) is 4.73. The summed E-state index contributed by atoms with van der Waals surface area (Å²) in [5, 5.41) is 3.14. The molecule has 2 aliphatic rings. The molecule has 1 N–H and O–H groups in total. The highest BCUT2D eigenvalue weighted by molar-refractivity contribution is 6.06. The zero-order valence-corrected chi connectivity index (χ0v) is 17.6. The first-order valence-corrected chi connectivity index (χ1v) is 10.7. The molecule has 1 aliphatic carbocycles. The van der Waals surface area contributed by atoms with Gasteiger partial charge in [-0.05, 0) is 56.4 Å². The first kappa shape index (κ1) is 19.7. The fourth-order valence-electron chi connectivity index (χ4n) is 4.73. The second-order valence-electron chi connectivity index (χ2n) is 9.28. The molecular formula is C25H30N2O2. The molecule has 0 bridgehead atoms. The number of amides is 2. The molecule has 4 heteroatoms. The van der Waals surface area contributed by atoms with E-state index in [2.05, 4.69) is 5.32 Å². The molecule has 0 aromatic heterocycles. The van der Waals surface area contributed by atoms with Gasteiger partial charge in [0.1, 0.15) is 6.04 Å². The average molecular weight is 391 g/mol. The molecule has 0 radical (unpaired) electrons. The third kappa shape index (κ3) is 3.81. The summed E-state index contributed by atoms with van der Waals surface area (Å²) in [4.78, 5) is 29.3. The van der Waals surface area contributed by atoms with Gasteiger partial charge in [0.05, 0.1) is 0 Å². The Kier molecular flexibility index (Phi) is 5.20. The van der Waals surface area contributed by atoms with Crippen LogP contribution in [0, 0.1) is 0 Å². The maximum atomic E-state index is 13.8. The predicted octanol–water partition coefficient (Wildman–Crippen LogP) is 5.10. The number of carbonyl (C=O) groups is 2. The molecular weight excluding hydrogens is 360 g/mol. The predicted molar refractivity (Wildman–Crippen MR) is 116 cm³/mol. The van der Waals surface area contributed by atoms with E-state index in [9.17, 15) is 9.59 Å². The van der Waals surface area contributed by atoms with E-state index in [-0.39, 0.29) is 23.4 Å². The molecule has 2 amide bonds. The first-order valence-electron chi connectivity index (χ1n) is 10.7.